The van der Waals surface area contributed by atoms with Gasteiger partial charge in [-0.25, -0.2) is 9.78 Å². The Kier molecular flexibility index (Phi) is 10.5. The van der Waals surface area contributed by atoms with E-state index in [1.54, 1.807) is 4.80 Å². The maximum absolute atomic E-state index is 11.7. The molecule has 0 saturated carbocycles. The Morgan fingerprint density at radius 2 is 1.32 bits per heavy atom. The van der Waals surface area contributed by atoms with Crippen molar-refractivity contribution >= 4 is 17.7 Å². The van der Waals surface area contributed by atoms with Crippen molar-refractivity contribution in [2.75, 3.05) is 7.05 Å². The summed E-state index contributed by atoms with van der Waals surface area (Å²) in [6, 6.07) is 47.4. The molecule has 0 spiro atoms. The van der Waals surface area contributed by atoms with E-state index in [4.69, 9.17) is 27.0 Å². The van der Waals surface area contributed by atoms with Crippen LogP contribution in [0.5, 0.6) is 0 Å². The molecule has 0 atom stereocenters. The smallest absolute Gasteiger partial charge is 0.407 e. The second kappa shape index (κ2) is 15.7. The van der Waals surface area contributed by atoms with Gasteiger partial charge in [-0.3, -0.25) is 0 Å². The molecule has 0 fully saturated rings. The van der Waals surface area contributed by atoms with E-state index < -0.39 is 11.6 Å². The Labute approximate surface area is 314 Å². The van der Waals surface area contributed by atoms with E-state index in [9.17, 15) is 9.90 Å². The summed E-state index contributed by atoms with van der Waals surface area (Å²) in [5.41, 5.74) is 6.72. The number of halogens is 1. The van der Waals surface area contributed by atoms with Gasteiger partial charge >= 0.3 is 6.09 Å². The van der Waals surface area contributed by atoms with Gasteiger partial charge in [-0.05, 0) is 45.0 Å². The van der Waals surface area contributed by atoms with Crippen LogP contribution >= 0.6 is 11.6 Å². The number of aromatic nitrogens is 6. The van der Waals surface area contributed by atoms with Gasteiger partial charge in [-0.15, -0.1) is 15.0 Å². The largest absolute Gasteiger partial charge is 0.465 e. The van der Waals surface area contributed by atoms with Crippen LogP contribution in [0.3, 0.4) is 0 Å². The minimum absolute atomic E-state index is 0.145. The lowest BCUT2D eigenvalue weighted by atomic mass is 9.77. The standard InChI is InChI=1S/C43H40ClN7O2/c1-3-4-24-39-45-40(44)38(30-49(2)42(52)53)50(39)29-31-25-27-32(28-26-31)36-22-14-15-23-37(36)41-46-48-51(47-41)43(33-16-8-5-9-17-33,34-18-10-6-11-19-34)35-20-12-7-13-21-35/h5-23,25-28H,3-4,24,29-30H2,1-2H3,(H,52,53). The first-order valence-corrected chi connectivity index (χ1v) is 18.1. The summed E-state index contributed by atoms with van der Waals surface area (Å²) in [4.78, 5) is 19.2. The second-order valence-corrected chi connectivity index (χ2v) is 13.4. The van der Waals surface area contributed by atoms with Gasteiger partial charge in [0.05, 0.1) is 12.2 Å². The molecule has 0 aliphatic heterocycles. The third kappa shape index (κ3) is 7.08. The van der Waals surface area contributed by atoms with E-state index in [-0.39, 0.29) is 6.54 Å². The molecule has 2 aromatic heterocycles. The lowest BCUT2D eigenvalue weighted by Gasteiger charge is -2.34. The lowest BCUT2D eigenvalue weighted by molar-refractivity contribution is 0.153. The fraction of sp³-hybridized carbons (Fsp3) is 0.186. The van der Waals surface area contributed by atoms with Crippen molar-refractivity contribution in [2.45, 2.75) is 44.8 Å². The van der Waals surface area contributed by atoms with Crippen molar-refractivity contribution in [3.63, 3.8) is 0 Å². The predicted molar refractivity (Wildman–Crippen MR) is 208 cm³/mol. The van der Waals surface area contributed by atoms with Gasteiger partial charge in [0.2, 0.25) is 5.82 Å². The topological polar surface area (TPSA) is 102 Å². The van der Waals surface area contributed by atoms with E-state index in [0.29, 0.717) is 23.2 Å². The number of carboxylic acid groups (broad SMARTS) is 1. The molecule has 7 aromatic rings. The van der Waals surface area contributed by atoms with E-state index in [1.807, 2.05) is 72.8 Å². The molecule has 5 aromatic carbocycles. The van der Waals surface area contributed by atoms with Crippen LogP contribution in [-0.4, -0.2) is 52.9 Å². The summed E-state index contributed by atoms with van der Waals surface area (Å²) in [6.07, 6.45) is 1.70. The third-order valence-corrected chi connectivity index (χ3v) is 9.93. The summed E-state index contributed by atoms with van der Waals surface area (Å²) in [5, 5.41) is 24.5. The number of rotatable bonds is 13. The highest BCUT2D eigenvalue weighted by Crippen LogP contribution is 2.40. The number of benzene rings is 5. The fourth-order valence-corrected chi connectivity index (χ4v) is 7.17. The van der Waals surface area contributed by atoms with Crippen LogP contribution in [0.15, 0.2) is 140 Å². The van der Waals surface area contributed by atoms with E-state index in [1.165, 1.54) is 11.9 Å². The molecule has 266 valence electrons. The van der Waals surface area contributed by atoms with Crippen LogP contribution in [-0.2, 0) is 25.0 Å². The summed E-state index contributed by atoms with van der Waals surface area (Å²) in [5.74, 6) is 1.37. The second-order valence-electron chi connectivity index (χ2n) is 13.0. The number of aryl methyl sites for hydroxylation is 1. The molecule has 1 amide bonds. The predicted octanol–water partition coefficient (Wildman–Crippen LogP) is 9.20. The molecule has 53 heavy (non-hydrogen) atoms. The van der Waals surface area contributed by atoms with Crippen LogP contribution in [0, 0.1) is 0 Å². The van der Waals surface area contributed by atoms with Crippen LogP contribution in [0.1, 0.15) is 53.5 Å². The first-order valence-electron chi connectivity index (χ1n) is 17.7. The quantitative estimate of drug-likeness (QED) is 0.119. The Morgan fingerprint density at radius 3 is 1.87 bits per heavy atom. The number of hydrogen-bond acceptors (Lipinski definition) is 5. The number of carbonyl (C=O) groups is 1. The molecule has 0 radical (unpaired) electrons. The number of hydrogen-bond donors (Lipinski definition) is 1. The Bertz CT molecular complexity index is 2190. The van der Waals surface area contributed by atoms with Crippen molar-refractivity contribution in [3.05, 3.63) is 178 Å². The molecular formula is C43H40ClN7O2. The Balaban J connectivity index is 1.26. The maximum atomic E-state index is 11.7. The monoisotopic (exact) mass is 721 g/mol. The molecule has 0 aliphatic carbocycles. The van der Waals surface area contributed by atoms with Crippen LogP contribution < -0.4 is 0 Å². The fourth-order valence-electron chi connectivity index (χ4n) is 6.91. The molecular weight excluding hydrogens is 682 g/mol. The zero-order valence-corrected chi connectivity index (χ0v) is 30.4. The van der Waals surface area contributed by atoms with Crippen molar-refractivity contribution in [2.24, 2.45) is 0 Å². The van der Waals surface area contributed by atoms with E-state index in [2.05, 4.69) is 83.2 Å². The lowest BCUT2D eigenvalue weighted by Crippen LogP contribution is -2.39. The van der Waals surface area contributed by atoms with Crippen LogP contribution in [0.2, 0.25) is 5.15 Å². The van der Waals surface area contributed by atoms with E-state index in [0.717, 1.165) is 64.0 Å². The van der Waals surface area contributed by atoms with Gasteiger partial charge in [-0.1, -0.05) is 164 Å². The summed E-state index contributed by atoms with van der Waals surface area (Å²) in [6.45, 7) is 2.79. The zero-order valence-electron chi connectivity index (χ0n) is 29.7. The Morgan fingerprint density at radius 1 is 0.774 bits per heavy atom. The van der Waals surface area contributed by atoms with Gasteiger partial charge in [0.25, 0.3) is 0 Å². The van der Waals surface area contributed by atoms with Crippen LogP contribution in [0.4, 0.5) is 4.79 Å². The van der Waals surface area contributed by atoms with Gasteiger partial charge < -0.3 is 14.6 Å². The number of nitrogens with zero attached hydrogens (tertiary/aromatic N) is 7. The molecule has 10 heteroatoms. The molecule has 9 nitrogen and oxygen atoms in total. The molecule has 1 N–H and O–H groups in total. The van der Waals surface area contributed by atoms with Gasteiger partial charge in [0.15, 0.2) is 10.7 Å². The number of amides is 1. The molecule has 2 heterocycles. The average molecular weight is 722 g/mol. The molecule has 7 rings (SSSR count). The summed E-state index contributed by atoms with van der Waals surface area (Å²) >= 11 is 6.59. The Hall–Kier alpha value is -6.06. The summed E-state index contributed by atoms with van der Waals surface area (Å²) in [7, 11) is 1.53. The highest BCUT2D eigenvalue weighted by molar-refractivity contribution is 6.30. The third-order valence-electron chi connectivity index (χ3n) is 9.63. The summed E-state index contributed by atoms with van der Waals surface area (Å²) < 4.78 is 2.06. The molecule has 0 saturated heterocycles. The minimum Gasteiger partial charge on any atom is -0.465 e. The van der Waals surface area contributed by atoms with Gasteiger partial charge in [0.1, 0.15) is 5.82 Å². The van der Waals surface area contributed by atoms with Crippen molar-refractivity contribution in [1.82, 2.24) is 34.7 Å². The zero-order chi connectivity index (χ0) is 36.8. The molecule has 0 aliphatic rings. The van der Waals surface area contributed by atoms with Crippen molar-refractivity contribution < 1.29 is 9.90 Å². The first-order chi connectivity index (χ1) is 25.9. The highest BCUT2D eigenvalue weighted by atomic mass is 35.5. The van der Waals surface area contributed by atoms with Crippen molar-refractivity contribution in [1.29, 1.82) is 0 Å². The highest BCUT2D eigenvalue weighted by Gasteiger charge is 2.41. The minimum atomic E-state index is -1.02. The van der Waals surface area contributed by atoms with Crippen LogP contribution in [0.25, 0.3) is 22.5 Å². The van der Waals surface area contributed by atoms with E-state index >= 15 is 0 Å². The number of unbranched alkanes of at least 4 members (excludes halogenated alkanes) is 1. The van der Waals surface area contributed by atoms with Crippen molar-refractivity contribution in [3.8, 4) is 22.5 Å². The molecule has 0 unspecified atom stereocenters. The number of imidazole rings is 1. The SMILES string of the molecule is CCCCc1nc(Cl)c(CN(C)C(=O)O)n1Cc1ccc(-c2ccccc2-c2nnn(C(c3ccccc3)(c3ccccc3)c3ccccc3)n2)cc1. The normalized spacial score (nSPS) is 11.5. The van der Waals surface area contributed by atoms with Gasteiger partial charge in [0, 0.05) is 25.6 Å². The van der Waals surface area contributed by atoms with Gasteiger partial charge in [-0.2, -0.15) is 0 Å². The first kappa shape index (κ1) is 35.3. The number of tetrazole rings is 1. The average Bonchev–Trinajstić information content (AvgIpc) is 3.80. The molecule has 0 bridgehead atoms. The maximum Gasteiger partial charge on any atom is 0.407 e.